The highest BCUT2D eigenvalue weighted by molar-refractivity contribution is 6.33. The predicted molar refractivity (Wildman–Crippen MR) is 82.0 cm³/mol. The molecule has 1 amide bonds. The Morgan fingerprint density at radius 2 is 1.76 bits per heavy atom. The molecule has 0 aliphatic rings. The number of hydrogen-bond acceptors (Lipinski definition) is 3. The molecule has 6 heteroatoms. The van der Waals surface area contributed by atoms with Crippen LogP contribution in [0.25, 0.3) is 0 Å². The van der Waals surface area contributed by atoms with E-state index in [2.05, 4.69) is 5.32 Å². The number of nitrogens with one attached hydrogen (secondary N) is 1. The van der Waals surface area contributed by atoms with Crippen LogP contribution in [0, 0.1) is 0 Å². The Morgan fingerprint density at radius 3 is 2.24 bits per heavy atom. The summed E-state index contributed by atoms with van der Waals surface area (Å²) in [6.45, 7) is 8.40. The largest absolute Gasteiger partial charge is 0.481 e. The number of carbonyl (C=O) groups excluding carboxylic acids is 1. The third kappa shape index (κ3) is 4.63. The number of carbonyl (C=O) groups is 2. The first kappa shape index (κ1) is 17.3. The molecule has 0 aliphatic heterocycles. The number of carboxylic acid groups (broad SMARTS) is 1. The number of aliphatic carboxylic acids is 1. The second-order valence-corrected chi connectivity index (χ2v) is 6.66. The van der Waals surface area contributed by atoms with Crippen LogP contribution in [0.5, 0.6) is 0 Å². The molecule has 21 heavy (non-hydrogen) atoms. The van der Waals surface area contributed by atoms with Crippen LogP contribution in [-0.2, 0) is 14.9 Å². The fourth-order valence-electron chi connectivity index (χ4n) is 1.55. The molecule has 0 aromatic heterocycles. The van der Waals surface area contributed by atoms with E-state index in [0.717, 1.165) is 0 Å². The van der Waals surface area contributed by atoms with Crippen molar-refractivity contribution in [1.82, 2.24) is 0 Å². The topological polar surface area (TPSA) is 75.6 Å². The molecular weight excluding hydrogens is 294 g/mol. The SMILES string of the molecule is CC(C)(C)OC(=O)Nc1cc(C(C)(C)C(=O)O)ccc1Cl. The molecule has 0 saturated heterocycles. The third-order valence-corrected chi connectivity index (χ3v) is 3.19. The van der Waals surface area contributed by atoms with Gasteiger partial charge in [0.2, 0.25) is 0 Å². The summed E-state index contributed by atoms with van der Waals surface area (Å²) < 4.78 is 5.14. The summed E-state index contributed by atoms with van der Waals surface area (Å²) in [6, 6.07) is 4.71. The van der Waals surface area contributed by atoms with Crippen molar-refractivity contribution in [3.8, 4) is 0 Å². The number of carboxylic acids is 1. The zero-order valence-electron chi connectivity index (χ0n) is 12.8. The van der Waals surface area contributed by atoms with Crippen molar-refractivity contribution in [2.75, 3.05) is 5.32 Å². The van der Waals surface area contributed by atoms with E-state index < -0.39 is 23.1 Å². The van der Waals surface area contributed by atoms with Crippen molar-refractivity contribution in [1.29, 1.82) is 0 Å². The normalized spacial score (nSPS) is 11.9. The monoisotopic (exact) mass is 313 g/mol. The summed E-state index contributed by atoms with van der Waals surface area (Å²) in [5.74, 6) is -0.965. The first-order chi connectivity index (χ1) is 9.43. The number of rotatable bonds is 3. The van der Waals surface area contributed by atoms with Gasteiger partial charge in [0, 0.05) is 0 Å². The molecule has 0 atom stereocenters. The Hall–Kier alpha value is -1.75. The minimum absolute atomic E-state index is 0.311. The zero-order chi connectivity index (χ0) is 16.4. The molecule has 0 heterocycles. The van der Waals surface area contributed by atoms with Crippen molar-refractivity contribution < 1.29 is 19.4 Å². The number of hydrogen-bond donors (Lipinski definition) is 2. The second-order valence-electron chi connectivity index (χ2n) is 6.25. The van der Waals surface area contributed by atoms with Gasteiger partial charge in [-0.1, -0.05) is 17.7 Å². The Bertz CT molecular complexity index is 561. The number of anilines is 1. The summed E-state index contributed by atoms with van der Waals surface area (Å²) >= 11 is 6.02. The molecule has 0 aliphatic carbocycles. The molecule has 1 rings (SSSR count). The van der Waals surface area contributed by atoms with E-state index in [1.54, 1.807) is 52.8 Å². The van der Waals surface area contributed by atoms with Crippen LogP contribution in [0.2, 0.25) is 5.02 Å². The van der Waals surface area contributed by atoms with Crippen molar-refractivity contribution in [3.63, 3.8) is 0 Å². The number of halogens is 1. The zero-order valence-corrected chi connectivity index (χ0v) is 13.5. The van der Waals surface area contributed by atoms with Gasteiger partial charge >= 0.3 is 12.1 Å². The van der Waals surface area contributed by atoms with Crippen molar-refractivity contribution >= 4 is 29.4 Å². The summed E-state index contributed by atoms with van der Waals surface area (Å²) in [7, 11) is 0. The lowest BCUT2D eigenvalue weighted by Crippen LogP contribution is -2.29. The lowest BCUT2D eigenvalue weighted by molar-refractivity contribution is -0.142. The number of amides is 1. The van der Waals surface area contributed by atoms with E-state index in [1.807, 2.05) is 0 Å². The number of benzene rings is 1. The molecule has 0 bridgehead atoms. The highest BCUT2D eigenvalue weighted by Crippen LogP contribution is 2.30. The molecule has 116 valence electrons. The molecule has 0 radical (unpaired) electrons. The van der Waals surface area contributed by atoms with Gasteiger partial charge in [-0.05, 0) is 52.3 Å². The molecule has 0 spiro atoms. The van der Waals surface area contributed by atoms with Crippen molar-refractivity contribution in [2.24, 2.45) is 0 Å². The minimum atomic E-state index is -1.09. The maximum atomic E-state index is 11.8. The quantitative estimate of drug-likeness (QED) is 0.882. The molecular formula is C15H20ClNO4. The van der Waals surface area contributed by atoms with E-state index in [1.165, 1.54) is 0 Å². The predicted octanol–water partition coefficient (Wildman–Crippen LogP) is 4.05. The molecule has 0 saturated carbocycles. The van der Waals surface area contributed by atoms with Crippen molar-refractivity contribution in [2.45, 2.75) is 45.6 Å². The van der Waals surface area contributed by atoms with Gasteiger partial charge in [0.15, 0.2) is 0 Å². The second kappa shape index (κ2) is 5.93. The Balaban J connectivity index is 3.04. The third-order valence-electron chi connectivity index (χ3n) is 2.86. The maximum absolute atomic E-state index is 11.8. The van der Waals surface area contributed by atoms with Crippen LogP contribution >= 0.6 is 11.6 Å². The molecule has 1 aromatic carbocycles. The number of ether oxygens (including phenoxy) is 1. The average molecular weight is 314 g/mol. The standard InChI is InChI=1S/C15H20ClNO4/c1-14(2,3)21-13(20)17-11-8-9(6-7-10(11)16)15(4,5)12(18)19/h6-8H,1-5H3,(H,17,20)(H,18,19). The van der Waals surface area contributed by atoms with Crippen LogP contribution in [0.1, 0.15) is 40.2 Å². The Labute approximate surface area is 129 Å². The summed E-state index contributed by atoms with van der Waals surface area (Å²) in [5, 5.41) is 12.1. The van der Waals surface area contributed by atoms with E-state index in [-0.39, 0.29) is 0 Å². The van der Waals surface area contributed by atoms with Crippen LogP contribution in [0.4, 0.5) is 10.5 Å². The summed E-state index contributed by atoms with van der Waals surface area (Å²) in [5.41, 5.74) is -0.869. The highest BCUT2D eigenvalue weighted by Gasteiger charge is 2.30. The van der Waals surface area contributed by atoms with Gasteiger partial charge in [-0.25, -0.2) is 4.79 Å². The first-order valence-corrected chi connectivity index (χ1v) is 6.85. The van der Waals surface area contributed by atoms with E-state index in [9.17, 15) is 14.7 Å². The van der Waals surface area contributed by atoms with Crippen molar-refractivity contribution in [3.05, 3.63) is 28.8 Å². The Kier molecular flexibility index (Phi) is 4.89. The van der Waals surface area contributed by atoms with Crippen LogP contribution in [0.15, 0.2) is 18.2 Å². The van der Waals surface area contributed by atoms with Crippen LogP contribution < -0.4 is 5.32 Å². The lowest BCUT2D eigenvalue weighted by atomic mass is 9.84. The molecule has 2 N–H and O–H groups in total. The van der Waals surface area contributed by atoms with Gasteiger partial charge in [0.25, 0.3) is 0 Å². The maximum Gasteiger partial charge on any atom is 0.412 e. The molecule has 0 fully saturated rings. The molecule has 0 unspecified atom stereocenters. The first-order valence-electron chi connectivity index (χ1n) is 6.47. The van der Waals surface area contributed by atoms with E-state index in [4.69, 9.17) is 16.3 Å². The van der Waals surface area contributed by atoms with Gasteiger partial charge in [-0.15, -0.1) is 0 Å². The minimum Gasteiger partial charge on any atom is -0.481 e. The summed E-state index contributed by atoms with van der Waals surface area (Å²) in [4.78, 5) is 23.0. The summed E-state index contributed by atoms with van der Waals surface area (Å²) in [6.07, 6.45) is -0.644. The smallest absolute Gasteiger partial charge is 0.412 e. The van der Waals surface area contributed by atoms with Crippen LogP contribution in [0.3, 0.4) is 0 Å². The molecule has 5 nitrogen and oxygen atoms in total. The van der Waals surface area contributed by atoms with Gasteiger partial charge < -0.3 is 9.84 Å². The lowest BCUT2D eigenvalue weighted by Gasteiger charge is -2.22. The Morgan fingerprint density at radius 1 is 1.19 bits per heavy atom. The highest BCUT2D eigenvalue weighted by atomic mass is 35.5. The van der Waals surface area contributed by atoms with E-state index >= 15 is 0 Å². The van der Waals surface area contributed by atoms with Gasteiger partial charge in [0.05, 0.1) is 16.1 Å². The van der Waals surface area contributed by atoms with Gasteiger partial charge in [-0.2, -0.15) is 0 Å². The molecule has 1 aromatic rings. The van der Waals surface area contributed by atoms with E-state index in [0.29, 0.717) is 16.3 Å². The fourth-order valence-corrected chi connectivity index (χ4v) is 1.71. The van der Waals surface area contributed by atoms with Gasteiger partial charge in [0.1, 0.15) is 5.60 Å². The fraction of sp³-hybridized carbons (Fsp3) is 0.467. The van der Waals surface area contributed by atoms with Gasteiger partial charge in [-0.3, -0.25) is 10.1 Å². The average Bonchev–Trinajstić information content (AvgIpc) is 2.29. The van der Waals surface area contributed by atoms with Crippen LogP contribution in [-0.4, -0.2) is 22.8 Å².